The number of rotatable bonds is 7. The van der Waals surface area contributed by atoms with Crippen molar-refractivity contribution in [2.24, 2.45) is 0 Å². The summed E-state index contributed by atoms with van der Waals surface area (Å²) in [7, 11) is 0. The number of likely N-dealkylation sites (tertiary alicyclic amines) is 1. The molecule has 1 aliphatic heterocycles. The first-order valence-corrected chi connectivity index (χ1v) is 10.7. The van der Waals surface area contributed by atoms with Crippen molar-refractivity contribution in [3.8, 4) is 5.75 Å². The molecular formula is C24H24FN3O3. The predicted octanol–water partition coefficient (Wildman–Crippen LogP) is 4.23. The standard InChI is InChI=1S/C24H24FN3O3/c25-18-8-10-19(11-9-18)30-16-12-21-26-22(31-27-21)20-7-4-15-28(20)23(29)24(13-14-24)17-5-2-1-3-6-17/h1-3,5-6,8-11,20H,4,7,12-16H2. The third-order valence-electron chi connectivity index (χ3n) is 6.18. The molecule has 0 spiro atoms. The van der Waals surface area contributed by atoms with Crippen molar-refractivity contribution in [3.63, 3.8) is 0 Å². The largest absolute Gasteiger partial charge is 0.493 e. The number of benzene rings is 2. The zero-order valence-corrected chi connectivity index (χ0v) is 17.2. The number of nitrogens with zero attached hydrogens (tertiary/aromatic N) is 3. The van der Waals surface area contributed by atoms with Crippen molar-refractivity contribution in [1.29, 1.82) is 0 Å². The first-order chi connectivity index (χ1) is 15.2. The van der Waals surface area contributed by atoms with Gasteiger partial charge in [-0.3, -0.25) is 4.79 Å². The maximum Gasteiger partial charge on any atom is 0.249 e. The van der Waals surface area contributed by atoms with Crippen LogP contribution >= 0.6 is 0 Å². The van der Waals surface area contributed by atoms with Gasteiger partial charge < -0.3 is 14.2 Å². The minimum absolute atomic E-state index is 0.167. The van der Waals surface area contributed by atoms with E-state index in [1.165, 1.54) is 12.1 Å². The van der Waals surface area contributed by atoms with E-state index in [2.05, 4.69) is 10.1 Å². The summed E-state index contributed by atoms with van der Waals surface area (Å²) >= 11 is 0. The smallest absolute Gasteiger partial charge is 0.249 e. The molecule has 0 N–H and O–H groups in total. The van der Waals surface area contributed by atoms with Crippen molar-refractivity contribution in [2.45, 2.75) is 43.6 Å². The molecule has 5 rings (SSSR count). The first-order valence-electron chi connectivity index (χ1n) is 10.7. The van der Waals surface area contributed by atoms with Crippen LogP contribution in [0.3, 0.4) is 0 Å². The van der Waals surface area contributed by atoms with Crippen LogP contribution in [0.2, 0.25) is 0 Å². The lowest BCUT2D eigenvalue weighted by Gasteiger charge is -2.27. The summed E-state index contributed by atoms with van der Waals surface area (Å²) < 4.78 is 24.1. The Morgan fingerprint density at radius 3 is 2.68 bits per heavy atom. The van der Waals surface area contributed by atoms with Crippen LogP contribution in [0.15, 0.2) is 59.1 Å². The third-order valence-corrected chi connectivity index (χ3v) is 6.18. The van der Waals surface area contributed by atoms with Crippen LogP contribution in [0.1, 0.15) is 49.0 Å². The molecule has 1 aliphatic carbocycles. The molecule has 0 radical (unpaired) electrons. The average molecular weight is 421 g/mol. The lowest BCUT2D eigenvalue weighted by molar-refractivity contribution is -0.135. The molecule has 2 aromatic carbocycles. The van der Waals surface area contributed by atoms with E-state index in [1.54, 1.807) is 12.1 Å². The maximum absolute atomic E-state index is 13.5. The number of halogens is 1. The van der Waals surface area contributed by atoms with Gasteiger partial charge in [0.05, 0.1) is 12.0 Å². The highest BCUT2D eigenvalue weighted by Crippen LogP contribution is 2.51. The van der Waals surface area contributed by atoms with Gasteiger partial charge in [0.1, 0.15) is 17.6 Å². The van der Waals surface area contributed by atoms with Crippen LogP contribution in [-0.4, -0.2) is 34.1 Å². The van der Waals surface area contributed by atoms with Crippen molar-refractivity contribution >= 4 is 5.91 Å². The fourth-order valence-electron chi connectivity index (χ4n) is 4.34. The van der Waals surface area contributed by atoms with Gasteiger partial charge >= 0.3 is 0 Å². The minimum atomic E-state index is -0.393. The molecule has 6 nitrogen and oxygen atoms in total. The fourth-order valence-corrected chi connectivity index (χ4v) is 4.34. The molecule has 3 aromatic rings. The fraction of sp³-hybridized carbons (Fsp3) is 0.375. The summed E-state index contributed by atoms with van der Waals surface area (Å²) in [6.07, 6.45) is 3.98. The molecule has 31 heavy (non-hydrogen) atoms. The molecule has 7 heteroatoms. The van der Waals surface area contributed by atoms with Crippen LogP contribution in [0.25, 0.3) is 0 Å². The normalized spacial score (nSPS) is 19.4. The Hall–Kier alpha value is -3.22. The molecule has 2 heterocycles. The summed E-state index contributed by atoms with van der Waals surface area (Å²) in [6, 6.07) is 15.7. The Bertz CT molecular complexity index is 1050. The van der Waals surface area contributed by atoms with E-state index in [9.17, 15) is 9.18 Å². The Balaban J connectivity index is 1.23. The molecule has 1 amide bonds. The van der Waals surface area contributed by atoms with Gasteiger partial charge in [-0.1, -0.05) is 35.5 Å². The molecule has 2 fully saturated rings. The quantitative estimate of drug-likeness (QED) is 0.571. The lowest BCUT2D eigenvalue weighted by atomic mass is 9.94. The van der Waals surface area contributed by atoms with Gasteiger partial charge in [0, 0.05) is 13.0 Å². The maximum atomic E-state index is 13.5. The summed E-state index contributed by atoms with van der Waals surface area (Å²) in [5, 5.41) is 4.07. The molecule has 1 aromatic heterocycles. The van der Waals surface area contributed by atoms with Gasteiger partial charge in [-0.05, 0) is 55.5 Å². The SMILES string of the molecule is O=C(N1CCCC1c1nc(CCOc2ccc(F)cc2)no1)C1(c2ccccc2)CC1. The molecule has 1 saturated heterocycles. The number of amides is 1. The molecule has 0 bridgehead atoms. The zero-order valence-electron chi connectivity index (χ0n) is 17.2. The number of hydrogen-bond acceptors (Lipinski definition) is 5. The van der Waals surface area contributed by atoms with Crippen LogP contribution in [0, 0.1) is 5.82 Å². The van der Waals surface area contributed by atoms with Gasteiger partial charge in [0.2, 0.25) is 11.8 Å². The van der Waals surface area contributed by atoms with E-state index >= 15 is 0 Å². The molecule has 1 saturated carbocycles. The molecule has 160 valence electrons. The highest BCUT2D eigenvalue weighted by Gasteiger charge is 2.54. The molecule has 2 aliphatic rings. The first kappa shape index (κ1) is 19.7. The molecule has 1 unspecified atom stereocenters. The number of ether oxygens (including phenoxy) is 1. The topological polar surface area (TPSA) is 68.5 Å². The second-order valence-electron chi connectivity index (χ2n) is 8.21. The van der Waals surface area contributed by atoms with E-state index in [-0.39, 0.29) is 17.8 Å². The van der Waals surface area contributed by atoms with Crippen molar-refractivity contribution in [3.05, 3.63) is 77.7 Å². The Kier molecular flexibility index (Phi) is 5.18. The number of carbonyl (C=O) groups is 1. The number of aromatic nitrogens is 2. The van der Waals surface area contributed by atoms with E-state index in [0.29, 0.717) is 37.0 Å². The highest BCUT2D eigenvalue weighted by molar-refractivity contribution is 5.91. The van der Waals surface area contributed by atoms with Gasteiger partial charge in [-0.2, -0.15) is 4.98 Å². The van der Waals surface area contributed by atoms with Crippen LogP contribution < -0.4 is 4.74 Å². The lowest BCUT2D eigenvalue weighted by Crippen LogP contribution is -2.39. The average Bonchev–Trinajstić information content (AvgIpc) is 3.23. The number of hydrogen-bond donors (Lipinski definition) is 0. The molecular weight excluding hydrogens is 397 g/mol. The van der Waals surface area contributed by atoms with E-state index in [1.807, 2.05) is 35.2 Å². The monoisotopic (exact) mass is 421 g/mol. The minimum Gasteiger partial charge on any atom is -0.493 e. The third kappa shape index (κ3) is 3.92. The van der Waals surface area contributed by atoms with Crippen molar-refractivity contribution in [1.82, 2.24) is 15.0 Å². The summed E-state index contributed by atoms with van der Waals surface area (Å²) in [5.74, 6) is 1.49. The predicted molar refractivity (Wildman–Crippen MR) is 111 cm³/mol. The Morgan fingerprint density at radius 2 is 1.94 bits per heavy atom. The van der Waals surface area contributed by atoms with Gasteiger partial charge in [0.15, 0.2) is 5.82 Å². The summed E-state index contributed by atoms with van der Waals surface area (Å²) in [4.78, 5) is 19.9. The van der Waals surface area contributed by atoms with Crippen molar-refractivity contribution < 1.29 is 18.4 Å². The second-order valence-corrected chi connectivity index (χ2v) is 8.21. The summed E-state index contributed by atoms with van der Waals surface area (Å²) in [5.41, 5.74) is 0.699. The van der Waals surface area contributed by atoms with Crippen LogP contribution in [0.5, 0.6) is 5.75 Å². The van der Waals surface area contributed by atoms with Gasteiger partial charge in [-0.15, -0.1) is 0 Å². The van der Waals surface area contributed by atoms with Crippen LogP contribution in [-0.2, 0) is 16.6 Å². The Morgan fingerprint density at radius 1 is 1.16 bits per heavy atom. The van der Waals surface area contributed by atoms with Crippen LogP contribution in [0.4, 0.5) is 4.39 Å². The Labute approximate surface area is 180 Å². The highest BCUT2D eigenvalue weighted by atomic mass is 19.1. The van der Waals surface area contributed by atoms with Crippen molar-refractivity contribution in [2.75, 3.05) is 13.2 Å². The zero-order chi connectivity index (χ0) is 21.3. The van der Waals surface area contributed by atoms with E-state index in [0.717, 1.165) is 31.2 Å². The van der Waals surface area contributed by atoms with E-state index < -0.39 is 5.41 Å². The summed E-state index contributed by atoms with van der Waals surface area (Å²) in [6.45, 7) is 1.07. The van der Waals surface area contributed by atoms with E-state index in [4.69, 9.17) is 9.26 Å². The molecule has 1 atom stereocenters. The number of carbonyl (C=O) groups excluding carboxylic acids is 1. The second kappa shape index (κ2) is 8.13. The van der Waals surface area contributed by atoms with Gasteiger partial charge in [-0.25, -0.2) is 4.39 Å². The van der Waals surface area contributed by atoms with Gasteiger partial charge in [0.25, 0.3) is 0 Å².